The Morgan fingerprint density at radius 1 is 1.13 bits per heavy atom. The maximum Gasteiger partial charge on any atom is 0.416 e. The van der Waals surface area contributed by atoms with Gasteiger partial charge in [0, 0.05) is 46.4 Å². The number of carboxylic acid groups (broad SMARTS) is 1. The molecule has 2 atom stereocenters. The molecule has 0 saturated carbocycles. The van der Waals surface area contributed by atoms with E-state index in [2.05, 4.69) is 10.3 Å². The van der Waals surface area contributed by atoms with Gasteiger partial charge in [-0.25, -0.2) is 13.6 Å². The topological polar surface area (TPSA) is 116 Å². The summed E-state index contributed by atoms with van der Waals surface area (Å²) in [6.07, 6.45) is -5.60. The van der Waals surface area contributed by atoms with Gasteiger partial charge in [0.15, 0.2) is 6.10 Å². The van der Waals surface area contributed by atoms with Crippen LogP contribution in [0.1, 0.15) is 21.5 Å². The van der Waals surface area contributed by atoms with Gasteiger partial charge < -0.3 is 20.1 Å². The number of pyridine rings is 1. The molecular formula is C31H22ClF5N4O4. The molecule has 2 heterocycles. The summed E-state index contributed by atoms with van der Waals surface area (Å²) >= 11 is 6.41. The molecule has 0 unspecified atom stereocenters. The van der Waals surface area contributed by atoms with E-state index in [1.165, 1.54) is 12.3 Å². The van der Waals surface area contributed by atoms with E-state index in [-0.39, 0.29) is 25.3 Å². The van der Waals surface area contributed by atoms with Crippen LogP contribution >= 0.6 is 11.6 Å². The number of alkyl halides is 3. The summed E-state index contributed by atoms with van der Waals surface area (Å²) in [5.74, 6) is -5.59. The van der Waals surface area contributed by atoms with E-state index in [9.17, 15) is 27.9 Å². The fraction of sp³-hybridized carbons (Fsp3) is 0.226. The Kier molecular flexibility index (Phi) is 8.90. The number of fused-ring (bicyclic) bond motifs is 1. The molecule has 14 heteroatoms. The van der Waals surface area contributed by atoms with Gasteiger partial charge in [-0.05, 0) is 35.9 Å². The molecule has 232 valence electrons. The number of carboxylic acids is 1. The number of hydrogen-bond acceptors (Lipinski definition) is 6. The van der Waals surface area contributed by atoms with E-state index in [0.717, 1.165) is 17.0 Å². The number of rotatable bonds is 7. The van der Waals surface area contributed by atoms with E-state index < -0.39 is 53.9 Å². The SMILES string of the molecule is N#Cc1ccc(-c2ccc(C[C@H](NC(=O)c3c(F)cc(N4CCO[C@H](C(F)(F)F)C4)cc3F)C(=O)O)c3cccnc23)c(Cl)c1. The highest BCUT2D eigenvalue weighted by molar-refractivity contribution is 6.33. The van der Waals surface area contributed by atoms with Gasteiger partial charge in [0.1, 0.15) is 23.2 Å². The Bertz CT molecular complexity index is 1820. The van der Waals surface area contributed by atoms with Crippen LogP contribution < -0.4 is 10.2 Å². The molecule has 3 aromatic carbocycles. The van der Waals surface area contributed by atoms with Crippen molar-refractivity contribution in [2.24, 2.45) is 0 Å². The third-order valence-electron chi connectivity index (χ3n) is 7.33. The van der Waals surface area contributed by atoms with Gasteiger partial charge in [-0.15, -0.1) is 0 Å². The first-order chi connectivity index (χ1) is 21.4. The number of benzene rings is 3. The quantitative estimate of drug-likeness (QED) is 0.241. The van der Waals surface area contributed by atoms with Crippen LogP contribution in [0.3, 0.4) is 0 Å². The van der Waals surface area contributed by atoms with Gasteiger partial charge in [0.05, 0.1) is 30.3 Å². The molecular weight excluding hydrogens is 623 g/mol. The van der Waals surface area contributed by atoms with Crippen LogP contribution in [-0.2, 0) is 16.0 Å². The number of amides is 1. The van der Waals surface area contributed by atoms with Crippen molar-refractivity contribution in [3.8, 4) is 17.2 Å². The number of aliphatic carboxylic acids is 1. The molecule has 1 aromatic heterocycles. The first kappa shape index (κ1) is 31.6. The fourth-order valence-corrected chi connectivity index (χ4v) is 5.40. The zero-order chi connectivity index (χ0) is 32.5. The van der Waals surface area contributed by atoms with Crippen LogP contribution in [0.2, 0.25) is 5.02 Å². The van der Waals surface area contributed by atoms with Crippen molar-refractivity contribution in [1.82, 2.24) is 10.3 Å². The van der Waals surface area contributed by atoms with E-state index in [0.29, 0.717) is 38.2 Å². The number of hydrogen-bond donors (Lipinski definition) is 2. The summed E-state index contributed by atoms with van der Waals surface area (Å²) in [6, 6.07) is 13.1. The highest BCUT2D eigenvalue weighted by atomic mass is 35.5. The van der Waals surface area contributed by atoms with Crippen molar-refractivity contribution in [2.45, 2.75) is 24.7 Å². The molecule has 5 rings (SSSR count). The van der Waals surface area contributed by atoms with Crippen LogP contribution in [0.15, 0.2) is 60.8 Å². The molecule has 0 spiro atoms. The summed E-state index contributed by atoms with van der Waals surface area (Å²) in [5, 5.41) is 22.0. The monoisotopic (exact) mass is 644 g/mol. The average molecular weight is 645 g/mol. The normalized spacial score (nSPS) is 15.8. The van der Waals surface area contributed by atoms with E-state index >= 15 is 8.78 Å². The Labute approximate surface area is 257 Å². The first-order valence-electron chi connectivity index (χ1n) is 13.4. The highest BCUT2D eigenvalue weighted by Crippen LogP contribution is 2.35. The number of nitrogens with zero attached hydrogens (tertiary/aromatic N) is 3. The van der Waals surface area contributed by atoms with Crippen molar-refractivity contribution in [2.75, 3.05) is 24.6 Å². The number of morpholine rings is 1. The second-order valence-electron chi connectivity index (χ2n) is 10.2. The first-order valence-corrected chi connectivity index (χ1v) is 13.8. The summed E-state index contributed by atoms with van der Waals surface area (Å²) in [5.41, 5.74) is 1.14. The van der Waals surface area contributed by atoms with Gasteiger partial charge in [0.2, 0.25) is 0 Å². The van der Waals surface area contributed by atoms with Crippen molar-refractivity contribution in [1.29, 1.82) is 5.26 Å². The molecule has 1 saturated heterocycles. The van der Waals surface area contributed by atoms with Gasteiger partial charge in [-0.3, -0.25) is 9.78 Å². The van der Waals surface area contributed by atoms with Crippen LogP contribution in [0.4, 0.5) is 27.6 Å². The number of nitrogens with one attached hydrogen (secondary N) is 1. The van der Waals surface area contributed by atoms with Gasteiger partial charge in [0.25, 0.3) is 5.91 Å². The van der Waals surface area contributed by atoms with E-state index in [4.69, 9.17) is 21.6 Å². The molecule has 4 aromatic rings. The van der Waals surface area contributed by atoms with Crippen LogP contribution in [0.25, 0.3) is 22.0 Å². The lowest BCUT2D eigenvalue weighted by atomic mass is 9.94. The van der Waals surface area contributed by atoms with Crippen LogP contribution in [-0.4, -0.2) is 60.0 Å². The predicted molar refractivity (Wildman–Crippen MR) is 154 cm³/mol. The maximum atomic E-state index is 15.1. The summed E-state index contributed by atoms with van der Waals surface area (Å²) in [6.45, 7) is -1.10. The predicted octanol–water partition coefficient (Wildman–Crippen LogP) is 5.90. The minimum Gasteiger partial charge on any atom is -0.480 e. The van der Waals surface area contributed by atoms with Gasteiger partial charge in [-0.2, -0.15) is 18.4 Å². The standard InChI is InChI=1S/C31H22ClF5N4O4/c32-22-10-16(14-38)3-5-20(22)21-6-4-17(19-2-1-7-39-28(19)21)11-25(30(43)44)40-29(42)27-23(33)12-18(13-24(27)34)41-8-9-45-26(15-41)31(35,36)37/h1-7,10,12-13,25-26H,8-9,11,15H2,(H,40,42)(H,43,44)/t25-,26-/m0/s1. The second kappa shape index (κ2) is 12.7. The largest absolute Gasteiger partial charge is 0.480 e. The molecule has 2 N–H and O–H groups in total. The van der Waals surface area contributed by atoms with E-state index in [1.54, 1.807) is 36.4 Å². The van der Waals surface area contributed by atoms with Crippen LogP contribution in [0, 0.1) is 23.0 Å². The molecule has 1 fully saturated rings. The summed E-state index contributed by atoms with van der Waals surface area (Å²) < 4.78 is 74.1. The number of carbonyl (C=O) groups excluding carboxylic acids is 1. The number of carbonyl (C=O) groups is 2. The number of anilines is 1. The summed E-state index contributed by atoms with van der Waals surface area (Å²) in [4.78, 5) is 30.6. The fourth-order valence-electron chi connectivity index (χ4n) is 5.12. The highest BCUT2D eigenvalue weighted by Gasteiger charge is 2.43. The molecule has 8 nitrogen and oxygen atoms in total. The lowest BCUT2D eigenvalue weighted by Crippen LogP contribution is -2.49. The van der Waals surface area contributed by atoms with Crippen LogP contribution in [0.5, 0.6) is 0 Å². The lowest BCUT2D eigenvalue weighted by Gasteiger charge is -2.35. The van der Waals surface area contributed by atoms with E-state index in [1.807, 2.05) is 6.07 Å². The smallest absolute Gasteiger partial charge is 0.416 e. The Hall–Kier alpha value is -4.80. The average Bonchev–Trinajstić information content (AvgIpc) is 3.00. The summed E-state index contributed by atoms with van der Waals surface area (Å²) in [7, 11) is 0. The lowest BCUT2D eigenvalue weighted by molar-refractivity contribution is -0.221. The van der Waals surface area contributed by atoms with Gasteiger partial charge >= 0.3 is 12.1 Å². The van der Waals surface area contributed by atoms with Crippen molar-refractivity contribution < 1.29 is 41.4 Å². The third kappa shape index (κ3) is 6.67. The molecule has 0 aliphatic carbocycles. The molecule has 1 amide bonds. The Morgan fingerprint density at radius 3 is 2.49 bits per heavy atom. The number of halogens is 6. The van der Waals surface area contributed by atoms with Crippen molar-refractivity contribution >= 4 is 40.1 Å². The Balaban J connectivity index is 1.40. The zero-order valence-electron chi connectivity index (χ0n) is 23.0. The number of aromatic nitrogens is 1. The molecule has 1 aliphatic heterocycles. The molecule has 0 bridgehead atoms. The van der Waals surface area contributed by atoms with Crippen molar-refractivity contribution in [3.05, 3.63) is 94.1 Å². The second-order valence-corrected chi connectivity index (χ2v) is 10.6. The molecule has 0 radical (unpaired) electrons. The number of ether oxygens (including phenoxy) is 1. The third-order valence-corrected chi connectivity index (χ3v) is 7.64. The molecule has 1 aliphatic rings. The van der Waals surface area contributed by atoms with Gasteiger partial charge in [-0.1, -0.05) is 35.9 Å². The van der Waals surface area contributed by atoms with Crippen molar-refractivity contribution in [3.63, 3.8) is 0 Å². The molecule has 45 heavy (non-hydrogen) atoms. The minimum absolute atomic E-state index is 0.0723. The maximum absolute atomic E-state index is 15.1. The Morgan fingerprint density at radius 2 is 1.84 bits per heavy atom. The number of nitriles is 1. The minimum atomic E-state index is -4.68. The zero-order valence-corrected chi connectivity index (χ0v) is 23.8.